The topological polar surface area (TPSA) is 50.9 Å². The molecule has 0 radical (unpaired) electrons. The van der Waals surface area contributed by atoms with E-state index in [1.807, 2.05) is 6.07 Å². The summed E-state index contributed by atoms with van der Waals surface area (Å²) in [6.45, 7) is 0. The number of aromatic hydroxyl groups is 1. The summed E-state index contributed by atoms with van der Waals surface area (Å²) in [5, 5.41) is 9.21. The number of hydrogen-bond acceptors (Lipinski definition) is 3. The maximum absolute atomic E-state index is 13.8. The number of phenols is 1. The molecule has 0 atom stereocenters. The molecule has 2 heterocycles. The summed E-state index contributed by atoms with van der Waals surface area (Å²) < 4.78 is 15.6. The summed E-state index contributed by atoms with van der Waals surface area (Å²) in [5.41, 5.74) is 1.75. The Morgan fingerprint density at radius 1 is 1.28 bits per heavy atom. The Morgan fingerprint density at radius 3 is 2.83 bits per heavy atom. The zero-order chi connectivity index (χ0) is 12.7. The number of pyridine rings is 1. The molecular weight excluding hydrogens is 233 g/mol. The van der Waals surface area contributed by atoms with Gasteiger partial charge in [0.05, 0.1) is 11.1 Å². The van der Waals surface area contributed by atoms with Crippen molar-refractivity contribution in [3.63, 3.8) is 0 Å². The van der Waals surface area contributed by atoms with E-state index < -0.39 is 5.82 Å². The number of halogens is 1. The minimum Gasteiger partial charge on any atom is -0.508 e. The van der Waals surface area contributed by atoms with Crippen LogP contribution in [0.1, 0.15) is 0 Å². The first-order valence-corrected chi connectivity index (χ1v) is 5.43. The first kappa shape index (κ1) is 10.7. The molecule has 0 spiro atoms. The fourth-order valence-corrected chi connectivity index (χ4v) is 1.95. The van der Waals surface area contributed by atoms with Gasteiger partial charge in [-0.3, -0.25) is 0 Å². The lowest BCUT2D eigenvalue weighted by molar-refractivity contribution is 0.469. The molecule has 0 unspecified atom stereocenters. The van der Waals surface area contributed by atoms with Crippen molar-refractivity contribution in [3.05, 3.63) is 42.3 Å². The molecular formula is C13H10FN3O. The van der Waals surface area contributed by atoms with Gasteiger partial charge >= 0.3 is 0 Å². The van der Waals surface area contributed by atoms with Gasteiger partial charge < -0.3 is 9.67 Å². The minimum absolute atomic E-state index is 0.104. The van der Waals surface area contributed by atoms with Crippen LogP contribution in [-0.2, 0) is 7.05 Å². The molecule has 1 aromatic carbocycles. The van der Waals surface area contributed by atoms with Crippen molar-refractivity contribution >= 4 is 11.2 Å². The van der Waals surface area contributed by atoms with Gasteiger partial charge in [0, 0.05) is 19.3 Å². The first-order chi connectivity index (χ1) is 8.66. The van der Waals surface area contributed by atoms with Crippen molar-refractivity contribution in [1.82, 2.24) is 14.5 Å². The molecule has 1 N–H and O–H groups in total. The molecule has 5 heteroatoms. The van der Waals surface area contributed by atoms with Gasteiger partial charge in [-0.05, 0) is 24.3 Å². The Bertz CT molecular complexity index is 736. The molecule has 0 saturated heterocycles. The number of aryl methyl sites for hydroxylation is 1. The van der Waals surface area contributed by atoms with E-state index >= 15 is 0 Å². The minimum atomic E-state index is -0.506. The van der Waals surface area contributed by atoms with Gasteiger partial charge in [-0.2, -0.15) is 0 Å². The molecule has 0 saturated carbocycles. The van der Waals surface area contributed by atoms with E-state index in [1.54, 1.807) is 23.9 Å². The monoisotopic (exact) mass is 243 g/mol. The Labute approximate surface area is 102 Å². The number of nitrogens with zero attached hydrogens (tertiary/aromatic N) is 3. The SMILES string of the molecule is Cn1c(-c2ccc(O)cc2F)nc2ncccc21. The Morgan fingerprint density at radius 2 is 2.11 bits per heavy atom. The zero-order valence-corrected chi connectivity index (χ0v) is 9.63. The van der Waals surface area contributed by atoms with Crippen molar-refractivity contribution in [2.75, 3.05) is 0 Å². The van der Waals surface area contributed by atoms with Crippen LogP contribution in [0, 0.1) is 5.82 Å². The summed E-state index contributed by atoms with van der Waals surface area (Å²) in [6, 6.07) is 7.69. The maximum Gasteiger partial charge on any atom is 0.178 e. The maximum atomic E-state index is 13.8. The molecule has 90 valence electrons. The van der Waals surface area contributed by atoms with Gasteiger partial charge in [-0.25, -0.2) is 14.4 Å². The van der Waals surface area contributed by atoms with Crippen LogP contribution >= 0.6 is 0 Å². The van der Waals surface area contributed by atoms with Crippen LogP contribution in [0.15, 0.2) is 36.5 Å². The second-order valence-electron chi connectivity index (χ2n) is 4.00. The third kappa shape index (κ3) is 1.52. The smallest absolute Gasteiger partial charge is 0.178 e. The third-order valence-electron chi connectivity index (χ3n) is 2.85. The van der Waals surface area contributed by atoms with Crippen LogP contribution in [0.5, 0.6) is 5.75 Å². The van der Waals surface area contributed by atoms with Gasteiger partial charge in [0.1, 0.15) is 17.4 Å². The zero-order valence-electron chi connectivity index (χ0n) is 9.63. The molecule has 0 aliphatic rings. The van der Waals surface area contributed by atoms with E-state index in [2.05, 4.69) is 9.97 Å². The summed E-state index contributed by atoms with van der Waals surface area (Å²) in [6.07, 6.45) is 1.65. The molecule has 3 aromatic rings. The second-order valence-corrected chi connectivity index (χ2v) is 4.00. The summed E-state index contributed by atoms with van der Waals surface area (Å²) in [5.74, 6) is -0.122. The summed E-state index contributed by atoms with van der Waals surface area (Å²) >= 11 is 0. The Balaban J connectivity index is 2.28. The molecule has 3 rings (SSSR count). The van der Waals surface area contributed by atoms with Crippen molar-refractivity contribution < 1.29 is 9.50 Å². The van der Waals surface area contributed by atoms with E-state index in [4.69, 9.17) is 0 Å². The van der Waals surface area contributed by atoms with Gasteiger partial charge in [0.15, 0.2) is 5.65 Å². The normalized spacial score (nSPS) is 11.0. The third-order valence-corrected chi connectivity index (χ3v) is 2.85. The molecule has 0 aliphatic carbocycles. The highest BCUT2D eigenvalue weighted by Gasteiger charge is 2.14. The van der Waals surface area contributed by atoms with Crippen LogP contribution in [0.4, 0.5) is 4.39 Å². The average molecular weight is 243 g/mol. The first-order valence-electron chi connectivity index (χ1n) is 5.43. The fourth-order valence-electron chi connectivity index (χ4n) is 1.95. The molecule has 2 aromatic heterocycles. The van der Waals surface area contributed by atoms with Crippen molar-refractivity contribution in [1.29, 1.82) is 0 Å². The highest BCUT2D eigenvalue weighted by atomic mass is 19.1. The lowest BCUT2D eigenvalue weighted by Gasteiger charge is -2.04. The Hall–Kier alpha value is -2.43. The standard InChI is InChI=1S/C13H10FN3O/c1-17-11-3-2-6-15-12(11)16-13(17)9-5-4-8(18)7-10(9)14/h2-7,18H,1H3. The van der Waals surface area contributed by atoms with Gasteiger partial charge in [-0.15, -0.1) is 0 Å². The number of fused-ring (bicyclic) bond motifs is 1. The largest absolute Gasteiger partial charge is 0.508 e. The van der Waals surface area contributed by atoms with E-state index in [9.17, 15) is 9.50 Å². The average Bonchev–Trinajstić information content (AvgIpc) is 2.68. The van der Waals surface area contributed by atoms with Crippen molar-refractivity contribution in [2.24, 2.45) is 7.05 Å². The van der Waals surface area contributed by atoms with Crippen LogP contribution < -0.4 is 0 Å². The summed E-state index contributed by atoms with van der Waals surface area (Å²) in [7, 11) is 1.80. The number of benzene rings is 1. The van der Waals surface area contributed by atoms with Crippen LogP contribution in [0.25, 0.3) is 22.6 Å². The lowest BCUT2D eigenvalue weighted by atomic mass is 10.2. The number of rotatable bonds is 1. The highest BCUT2D eigenvalue weighted by Crippen LogP contribution is 2.26. The van der Waals surface area contributed by atoms with Gasteiger partial charge in [0.2, 0.25) is 0 Å². The van der Waals surface area contributed by atoms with Crippen LogP contribution in [-0.4, -0.2) is 19.6 Å². The molecule has 4 nitrogen and oxygen atoms in total. The van der Waals surface area contributed by atoms with E-state index in [1.165, 1.54) is 12.1 Å². The molecule has 0 bridgehead atoms. The van der Waals surface area contributed by atoms with Crippen molar-refractivity contribution in [3.8, 4) is 17.1 Å². The van der Waals surface area contributed by atoms with Gasteiger partial charge in [0.25, 0.3) is 0 Å². The molecule has 0 fully saturated rings. The van der Waals surface area contributed by atoms with Crippen molar-refractivity contribution in [2.45, 2.75) is 0 Å². The van der Waals surface area contributed by atoms with Crippen LogP contribution in [0.2, 0.25) is 0 Å². The number of hydrogen-bond donors (Lipinski definition) is 1. The predicted molar refractivity (Wildman–Crippen MR) is 65.6 cm³/mol. The number of aromatic nitrogens is 3. The number of phenolic OH excluding ortho intramolecular Hbond substituents is 1. The van der Waals surface area contributed by atoms with Gasteiger partial charge in [-0.1, -0.05) is 0 Å². The Kier molecular flexibility index (Phi) is 2.26. The summed E-state index contributed by atoms with van der Waals surface area (Å²) in [4.78, 5) is 8.43. The lowest BCUT2D eigenvalue weighted by Crippen LogP contribution is -1.94. The molecule has 0 amide bonds. The van der Waals surface area contributed by atoms with E-state index in [0.717, 1.165) is 11.6 Å². The quantitative estimate of drug-likeness (QED) is 0.714. The molecule has 0 aliphatic heterocycles. The highest BCUT2D eigenvalue weighted by molar-refractivity contribution is 5.77. The molecule has 18 heavy (non-hydrogen) atoms. The number of imidazole rings is 1. The van der Waals surface area contributed by atoms with E-state index in [-0.39, 0.29) is 5.75 Å². The predicted octanol–water partition coefficient (Wildman–Crippen LogP) is 2.48. The van der Waals surface area contributed by atoms with E-state index in [0.29, 0.717) is 17.0 Å². The van der Waals surface area contributed by atoms with Crippen LogP contribution in [0.3, 0.4) is 0 Å². The fraction of sp³-hybridized carbons (Fsp3) is 0.0769. The second kappa shape index (κ2) is 3.80.